The molecule has 0 spiro atoms. The van der Waals surface area contributed by atoms with Crippen molar-refractivity contribution in [1.82, 2.24) is 13.9 Å². The number of imidazole rings is 1. The number of hydrogen-bond donors (Lipinski definition) is 0. The van der Waals surface area contributed by atoms with Gasteiger partial charge in [-0.2, -0.15) is 0 Å². The summed E-state index contributed by atoms with van der Waals surface area (Å²) in [4.78, 5) is 31.5. The molecule has 1 saturated heterocycles. The molecule has 180 valence electrons. The third-order valence-electron chi connectivity index (χ3n) is 6.04. The lowest BCUT2D eigenvalue weighted by Gasteiger charge is -2.16. The van der Waals surface area contributed by atoms with E-state index >= 15 is 0 Å². The second-order valence-corrected chi connectivity index (χ2v) is 10.7. The number of hydrogen-bond acceptors (Lipinski definition) is 6. The summed E-state index contributed by atoms with van der Waals surface area (Å²) in [6.07, 6.45) is 0.0999. The molecule has 0 bridgehead atoms. The van der Waals surface area contributed by atoms with Crippen molar-refractivity contribution in [2.45, 2.75) is 38.3 Å². The Hall–Kier alpha value is -3.24. The molecule has 10 heteroatoms. The Balaban J connectivity index is 1.49. The van der Waals surface area contributed by atoms with Crippen LogP contribution in [0.1, 0.15) is 24.7 Å². The molecule has 1 atom stereocenters. The number of nitrogens with zero attached hydrogens (tertiary/aromatic N) is 4. The van der Waals surface area contributed by atoms with E-state index in [1.165, 1.54) is 20.2 Å². The fourth-order valence-corrected chi connectivity index (χ4v) is 5.01. The van der Waals surface area contributed by atoms with Crippen molar-refractivity contribution in [3.63, 3.8) is 0 Å². The van der Waals surface area contributed by atoms with Gasteiger partial charge in [0, 0.05) is 39.3 Å². The molecule has 34 heavy (non-hydrogen) atoms. The molecule has 0 unspecified atom stereocenters. The standard InChI is InChI=1S/C24H28N4O5S/c1-5-27-21-11-10-19(34(31,32)26(3)4)13-20(21)25-22(27)15-33-24(30)17-12-23(29)28(14-17)18-8-6-16(2)7-9-18/h6-11,13,17H,5,12,14-15H2,1-4H3/t17-/m0/s1. The molecule has 0 N–H and O–H groups in total. The minimum absolute atomic E-state index is 0.0632. The third kappa shape index (κ3) is 4.43. The predicted octanol–water partition coefficient (Wildman–Crippen LogP) is 2.71. The van der Waals surface area contributed by atoms with Crippen molar-refractivity contribution in [2.24, 2.45) is 5.92 Å². The Morgan fingerprint density at radius 2 is 1.88 bits per heavy atom. The highest BCUT2D eigenvalue weighted by Gasteiger charge is 2.36. The minimum Gasteiger partial charge on any atom is -0.457 e. The average Bonchev–Trinajstić information content (AvgIpc) is 3.37. The predicted molar refractivity (Wildman–Crippen MR) is 128 cm³/mol. The number of aryl methyl sites for hydroxylation is 2. The number of carbonyl (C=O) groups excluding carboxylic acids is 2. The molecule has 1 amide bonds. The topological polar surface area (TPSA) is 102 Å². The molecular weight excluding hydrogens is 456 g/mol. The monoisotopic (exact) mass is 484 g/mol. The Bertz CT molecular complexity index is 1350. The van der Waals surface area contributed by atoms with Gasteiger partial charge in [0.15, 0.2) is 0 Å². The van der Waals surface area contributed by atoms with E-state index in [2.05, 4.69) is 4.98 Å². The molecule has 1 aromatic heterocycles. The fourth-order valence-electron chi connectivity index (χ4n) is 4.09. The maximum absolute atomic E-state index is 12.7. The van der Waals surface area contributed by atoms with Gasteiger partial charge in [0.2, 0.25) is 15.9 Å². The highest BCUT2D eigenvalue weighted by molar-refractivity contribution is 7.89. The van der Waals surface area contributed by atoms with E-state index < -0.39 is 21.9 Å². The van der Waals surface area contributed by atoms with Crippen LogP contribution in [0.2, 0.25) is 0 Å². The van der Waals surface area contributed by atoms with Crippen LogP contribution in [-0.2, 0) is 37.5 Å². The summed E-state index contributed by atoms with van der Waals surface area (Å²) >= 11 is 0. The fraction of sp³-hybridized carbons (Fsp3) is 0.375. The zero-order valence-corrected chi connectivity index (χ0v) is 20.5. The SMILES string of the molecule is CCn1c(COC(=O)[C@H]2CC(=O)N(c3ccc(C)cc3)C2)nc2cc(S(=O)(=O)N(C)C)ccc21. The molecule has 2 aromatic carbocycles. The molecule has 4 rings (SSSR count). The Kier molecular flexibility index (Phi) is 6.46. The van der Waals surface area contributed by atoms with Gasteiger partial charge in [-0.1, -0.05) is 17.7 Å². The van der Waals surface area contributed by atoms with Gasteiger partial charge >= 0.3 is 5.97 Å². The zero-order valence-electron chi connectivity index (χ0n) is 19.7. The first-order valence-electron chi connectivity index (χ1n) is 11.1. The maximum atomic E-state index is 12.7. The molecule has 1 aliphatic rings. The van der Waals surface area contributed by atoms with Crippen molar-refractivity contribution in [1.29, 1.82) is 0 Å². The molecule has 0 saturated carbocycles. The van der Waals surface area contributed by atoms with Crippen LogP contribution in [0, 0.1) is 12.8 Å². The van der Waals surface area contributed by atoms with E-state index in [1.807, 2.05) is 42.7 Å². The van der Waals surface area contributed by atoms with Crippen LogP contribution >= 0.6 is 0 Å². The lowest BCUT2D eigenvalue weighted by Crippen LogP contribution is -2.26. The molecule has 1 fully saturated rings. The Morgan fingerprint density at radius 3 is 2.53 bits per heavy atom. The van der Waals surface area contributed by atoms with Crippen molar-refractivity contribution in [3.05, 3.63) is 53.9 Å². The van der Waals surface area contributed by atoms with Crippen molar-refractivity contribution < 1.29 is 22.7 Å². The maximum Gasteiger partial charge on any atom is 0.311 e. The molecule has 9 nitrogen and oxygen atoms in total. The highest BCUT2D eigenvalue weighted by atomic mass is 32.2. The van der Waals surface area contributed by atoms with Gasteiger partial charge in [-0.25, -0.2) is 17.7 Å². The normalized spacial score (nSPS) is 16.6. The second-order valence-electron chi connectivity index (χ2n) is 8.56. The molecule has 3 aromatic rings. The number of carbonyl (C=O) groups is 2. The summed E-state index contributed by atoms with van der Waals surface area (Å²) < 4.78 is 33.5. The van der Waals surface area contributed by atoms with Gasteiger partial charge < -0.3 is 14.2 Å². The van der Waals surface area contributed by atoms with Crippen LogP contribution in [0.5, 0.6) is 0 Å². The number of amides is 1. The smallest absolute Gasteiger partial charge is 0.311 e. The second kappa shape index (κ2) is 9.19. The summed E-state index contributed by atoms with van der Waals surface area (Å²) in [5.41, 5.74) is 3.13. The van der Waals surface area contributed by atoms with Gasteiger partial charge in [0.1, 0.15) is 12.4 Å². The largest absolute Gasteiger partial charge is 0.457 e. The van der Waals surface area contributed by atoms with Crippen LogP contribution in [0.25, 0.3) is 11.0 Å². The van der Waals surface area contributed by atoms with Crippen molar-refractivity contribution in [2.75, 3.05) is 25.5 Å². The minimum atomic E-state index is -3.59. The Morgan fingerprint density at radius 1 is 1.18 bits per heavy atom. The van der Waals surface area contributed by atoms with Crippen LogP contribution < -0.4 is 4.90 Å². The summed E-state index contributed by atoms with van der Waals surface area (Å²) in [5, 5.41) is 0. The van der Waals surface area contributed by atoms with Crippen LogP contribution in [0.4, 0.5) is 5.69 Å². The zero-order chi connectivity index (χ0) is 24.6. The molecule has 2 heterocycles. The van der Waals surface area contributed by atoms with E-state index in [0.29, 0.717) is 17.9 Å². The average molecular weight is 485 g/mol. The summed E-state index contributed by atoms with van der Waals surface area (Å²) in [6.45, 7) is 4.70. The van der Waals surface area contributed by atoms with Crippen LogP contribution in [0.15, 0.2) is 47.4 Å². The van der Waals surface area contributed by atoms with Crippen LogP contribution in [-0.4, -0.2) is 54.8 Å². The molecule has 0 aliphatic carbocycles. The summed E-state index contributed by atoms with van der Waals surface area (Å²) in [6, 6.07) is 12.4. The summed E-state index contributed by atoms with van der Waals surface area (Å²) in [5.74, 6) is -0.593. The first-order valence-corrected chi connectivity index (χ1v) is 12.5. The van der Waals surface area contributed by atoms with Crippen molar-refractivity contribution in [3.8, 4) is 0 Å². The number of sulfonamides is 1. The highest BCUT2D eigenvalue weighted by Crippen LogP contribution is 2.27. The van der Waals surface area contributed by atoms with E-state index in [0.717, 1.165) is 21.1 Å². The van der Waals surface area contributed by atoms with Crippen LogP contribution in [0.3, 0.4) is 0 Å². The number of rotatable bonds is 7. The molecule has 1 aliphatic heterocycles. The first-order chi connectivity index (χ1) is 16.1. The first kappa shape index (κ1) is 23.9. The van der Waals surface area contributed by atoms with Crippen molar-refractivity contribution >= 4 is 38.6 Å². The molecular formula is C24H28N4O5S. The van der Waals surface area contributed by atoms with Gasteiger partial charge in [-0.3, -0.25) is 9.59 Å². The summed E-state index contributed by atoms with van der Waals surface area (Å²) in [7, 11) is -0.639. The lowest BCUT2D eigenvalue weighted by molar-refractivity contribution is -0.150. The lowest BCUT2D eigenvalue weighted by atomic mass is 10.1. The number of fused-ring (bicyclic) bond motifs is 1. The van der Waals surface area contributed by atoms with Gasteiger partial charge in [-0.15, -0.1) is 0 Å². The van der Waals surface area contributed by atoms with E-state index in [4.69, 9.17) is 4.74 Å². The third-order valence-corrected chi connectivity index (χ3v) is 7.85. The number of ether oxygens (including phenoxy) is 1. The van der Waals surface area contributed by atoms with E-state index in [-0.39, 0.29) is 30.4 Å². The van der Waals surface area contributed by atoms with Gasteiger partial charge in [-0.05, 0) is 44.2 Å². The molecule has 0 radical (unpaired) electrons. The number of esters is 1. The number of aromatic nitrogens is 2. The number of anilines is 1. The van der Waals surface area contributed by atoms with E-state index in [1.54, 1.807) is 17.0 Å². The van der Waals surface area contributed by atoms with E-state index in [9.17, 15) is 18.0 Å². The van der Waals surface area contributed by atoms with Gasteiger partial charge in [0.05, 0.1) is 21.8 Å². The Labute approximate surface area is 199 Å². The number of benzene rings is 2. The van der Waals surface area contributed by atoms with Gasteiger partial charge in [0.25, 0.3) is 0 Å². The quantitative estimate of drug-likeness (QED) is 0.478.